The molecule has 1 saturated heterocycles. The summed E-state index contributed by atoms with van der Waals surface area (Å²) in [6.45, 7) is 1.60. The van der Waals surface area contributed by atoms with E-state index in [9.17, 15) is 9.90 Å². The summed E-state index contributed by atoms with van der Waals surface area (Å²) in [6.07, 6.45) is 10.2. The molecule has 0 radical (unpaired) electrons. The molecule has 23 heavy (non-hydrogen) atoms. The third-order valence-corrected chi connectivity index (χ3v) is 7.21. The van der Waals surface area contributed by atoms with Gasteiger partial charge in [0.1, 0.15) is 0 Å². The van der Waals surface area contributed by atoms with Gasteiger partial charge in [0.15, 0.2) is 0 Å². The first-order valence-corrected chi connectivity index (χ1v) is 9.68. The molecule has 0 aromatic carbocycles. The minimum atomic E-state index is -0.149. The number of aliphatic hydroxyl groups is 1. The van der Waals surface area contributed by atoms with Gasteiger partial charge in [-0.15, -0.1) is 0 Å². The second kappa shape index (κ2) is 6.36. The van der Waals surface area contributed by atoms with Crippen LogP contribution < -0.4 is 5.32 Å². The topological polar surface area (TPSA) is 58.6 Å². The first kappa shape index (κ1) is 15.9. The van der Waals surface area contributed by atoms with Gasteiger partial charge < -0.3 is 15.2 Å². The average molecular weight is 321 g/mol. The van der Waals surface area contributed by atoms with Gasteiger partial charge in [-0.25, -0.2) is 0 Å². The number of hydrogen-bond donors (Lipinski definition) is 2. The Bertz CT molecular complexity index is 442. The van der Waals surface area contributed by atoms with Gasteiger partial charge >= 0.3 is 0 Å². The zero-order valence-corrected chi connectivity index (χ0v) is 14.1. The number of aliphatic hydroxyl groups excluding tert-OH is 1. The minimum absolute atomic E-state index is 0.149. The van der Waals surface area contributed by atoms with Crippen molar-refractivity contribution in [1.82, 2.24) is 5.32 Å². The molecule has 1 heterocycles. The molecule has 4 heteroatoms. The van der Waals surface area contributed by atoms with E-state index in [1.54, 1.807) is 0 Å². The maximum atomic E-state index is 12.7. The first-order valence-electron chi connectivity index (χ1n) is 9.68. The summed E-state index contributed by atoms with van der Waals surface area (Å²) >= 11 is 0. The minimum Gasteiger partial charge on any atom is -0.396 e. The Labute approximate surface area is 139 Å². The quantitative estimate of drug-likeness (QED) is 0.790. The number of fused-ring (bicyclic) bond motifs is 2. The van der Waals surface area contributed by atoms with E-state index in [1.807, 2.05) is 0 Å². The van der Waals surface area contributed by atoms with Crippen molar-refractivity contribution in [2.45, 2.75) is 63.8 Å². The number of ether oxygens (including phenoxy) is 1. The molecule has 0 spiro atoms. The summed E-state index contributed by atoms with van der Waals surface area (Å²) in [5.74, 6) is 3.13. The van der Waals surface area contributed by atoms with Crippen LogP contribution in [0.15, 0.2) is 0 Å². The van der Waals surface area contributed by atoms with E-state index >= 15 is 0 Å². The lowest BCUT2D eigenvalue weighted by Crippen LogP contribution is -2.53. The second-order valence-corrected chi connectivity index (χ2v) is 8.65. The van der Waals surface area contributed by atoms with Gasteiger partial charge in [-0.3, -0.25) is 4.79 Å². The molecule has 4 aliphatic rings. The molecule has 0 aromatic rings. The lowest BCUT2D eigenvalue weighted by atomic mass is 9.72. The third-order valence-electron chi connectivity index (χ3n) is 7.21. The average Bonchev–Trinajstić information content (AvgIpc) is 3.21. The van der Waals surface area contributed by atoms with Crippen LogP contribution in [0.3, 0.4) is 0 Å². The van der Waals surface area contributed by atoms with Crippen LogP contribution in [0.25, 0.3) is 0 Å². The van der Waals surface area contributed by atoms with Gasteiger partial charge in [-0.1, -0.05) is 6.42 Å². The van der Waals surface area contributed by atoms with Crippen LogP contribution in [-0.4, -0.2) is 36.9 Å². The monoisotopic (exact) mass is 321 g/mol. The van der Waals surface area contributed by atoms with Gasteiger partial charge in [-0.05, 0) is 68.6 Å². The molecule has 3 aliphatic carbocycles. The van der Waals surface area contributed by atoms with Crippen LogP contribution in [0, 0.1) is 29.1 Å². The van der Waals surface area contributed by atoms with E-state index in [4.69, 9.17) is 4.74 Å². The lowest BCUT2D eigenvalue weighted by molar-refractivity contribution is -0.126. The Kier molecular flexibility index (Phi) is 4.39. The van der Waals surface area contributed by atoms with Gasteiger partial charge in [0.2, 0.25) is 5.91 Å². The standard InChI is InChI=1S/C19H31NO3/c21-12-19(5-7-23-8-6-19)18(14-3-4-14)20-17(22)11-16-10-13-1-2-15(16)9-13/h13-16,18,21H,1-12H2,(H,20,22). The molecular formula is C19H31NO3. The summed E-state index contributed by atoms with van der Waals surface area (Å²) in [5.41, 5.74) is -0.149. The molecule has 4 rings (SSSR count). The number of amides is 1. The van der Waals surface area contributed by atoms with Crippen LogP contribution in [0.2, 0.25) is 0 Å². The Morgan fingerprint density at radius 1 is 1.17 bits per heavy atom. The van der Waals surface area contributed by atoms with Gasteiger partial charge in [0, 0.05) is 31.1 Å². The maximum Gasteiger partial charge on any atom is 0.220 e. The summed E-state index contributed by atoms with van der Waals surface area (Å²) in [7, 11) is 0. The van der Waals surface area contributed by atoms with Gasteiger partial charge in [-0.2, -0.15) is 0 Å². The van der Waals surface area contributed by atoms with Crippen molar-refractivity contribution in [1.29, 1.82) is 0 Å². The molecule has 2 N–H and O–H groups in total. The van der Waals surface area contributed by atoms with Crippen molar-refractivity contribution in [2.24, 2.45) is 29.1 Å². The van der Waals surface area contributed by atoms with Crippen molar-refractivity contribution in [2.75, 3.05) is 19.8 Å². The fraction of sp³-hybridized carbons (Fsp3) is 0.947. The van der Waals surface area contributed by atoms with E-state index in [0.29, 0.717) is 31.5 Å². The molecular weight excluding hydrogens is 290 g/mol. The van der Waals surface area contributed by atoms with E-state index in [1.165, 1.54) is 38.5 Å². The highest BCUT2D eigenvalue weighted by atomic mass is 16.5. The Morgan fingerprint density at radius 2 is 1.96 bits per heavy atom. The second-order valence-electron chi connectivity index (χ2n) is 8.65. The number of carbonyl (C=O) groups is 1. The van der Waals surface area contributed by atoms with E-state index in [2.05, 4.69) is 5.32 Å². The maximum absolute atomic E-state index is 12.7. The predicted molar refractivity (Wildman–Crippen MR) is 87.8 cm³/mol. The zero-order chi connectivity index (χ0) is 15.9. The summed E-state index contributed by atoms with van der Waals surface area (Å²) < 4.78 is 5.50. The van der Waals surface area contributed by atoms with Crippen molar-refractivity contribution in [3.63, 3.8) is 0 Å². The van der Waals surface area contributed by atoms with E-state index in [-0.39, 0.29) is 24.0 Å². The highest BCUT2D eigenvalue weighted by molar-refractivity contribution is 5.76. The fourth-order valence-electron chi connectivity index (χ4n) is 5.64. The first-order chi connectivity index (χ1) is 11.2. The van der Waals surface area contributed by atoms with Gasteiger partial charge in [0.25, 0.3) is 0 Å². The number of rotatable bonds is 6. The van der Waals surface area contributed by atoms with Crippen molar-refractivity contribution >= 4 is 5.91 Å². The summed E-state index contributed by atoms with van der Waals surface area (Å²) in [5, 5.41) is 13.4. The molecule has 1 aliphatic heterocycles. The third kappa shape index (κ3) is 3.17. The molecule has 3 saturated carbocycles. The fourth-order valence-corrected chi connectivity index (χ4v) is 5.64. The Hall–Kier alpha value is -0.610. The Balaban J connectivity index is 1.39. The highest BCUT2D eigenvalue weighted by Crippen LogP contribution is 2.50. The van der Waals surface area contributed by atoms with Crippen LogP contribution in [0.1, 0.15) is 57.8 Å². The number of carbonyl (C=O) groups excluding carboxylic acids is 1. The number of hydrogen-bond acceptors (Lipinski definition) is 3. The molecule has 4 fully saturated rings. The summed E-state index contributed by atoms with van der Waals surface area (Å²) in [4.78, 5) is 12.7. The van der Waals surface area contributed by atoms with Crippen molar-refractivity contribution in [3.05, 3.63) is 0 Å². The van der Waals surface area contributed by atoms with Crippen LogP contribution in [0.4, 0.5) is 0 Å². The summed E-state index contributed by atoms with van der Waals surface area (Å²) in [6, 6.07) is 0.155. The normalized spacial score (nSPS) is 36.8. The molecule has 1 amide bonds. The van der Waals surface area contributed by atoms with Crippen LogP contribution in [0.5, 0.6) is 0 Å². The van der Waals surface area contributed by atoms with E-state index < -0.39 is 0 Å². The molecule has 130 valence electrons. The SMILES string of the molecule is O=C(CC1CC2CCC1C2)NC(C1CC1)C1(CO)CCOCC1. The Morgan fingerprint density at radius 3 is 2.52 bits per heavy atom. The largest absolute Gasteiger partial charge is 0.396 e. The predicted octanol–water partition coefficient (Wildman–Crippen LogP) is 2.50. The smallest absolute Gasteiger partial charge is 0.220 e. The van der Waals surface area contributed by atoms with Crippen LogP contribution >= 0.6 is 0 Å². The van der Waals surface area contributed by atoms with E-state index in [0.717, 1.165) is 24.7 Å². The zero-order valence-electron chi connectivity index (χ0n) is 14.1. The van der Waals surface area contributed by atoms with Crippen molar-refractivity contribution in [3.8, 4) is 0 Å². The molecule has 4 atom stereocenters. The molecule has 4 nitrogen and oxygen atoms in total. The van der Waals surface area contributed by atoms with Crippen molar-refractivity contribution < 1.29 is 14.6 Å². The molecule has 4 unspecified atom stereocenters. The lowest BCUT2D eigenvalue weighted by Gasteiger charge is -2.43. The van der Waals surface area contributed by atoms with Crippen LogP contribution in [-0.2, 0) is 9.53 Å². The highest BCUT2D eigenvalue weighted by Gasteiger charge is 2.48. The van der Waals surface area contributed by atoms with Gasteiger partial charge in [0.05, 0.1) is 6.61 Å². The number of nitrogens with one attached hydrogen (secondary N) is 1. The molecule has 0 aromatic heterocycles. The molecule has 2 bridgehead atoms.